The molecule has 0 radical (unpaired) electrons. The Morgan fingerprint density at radius 3 is 2.38 bits per heavy atom. The molecular weight excluding hydrogens is 328 g/mol. The number of ether oxygens (including phenoxy) is 2. The highest BCUT2D eigenvalue weighted by Crippen LogP contribution is 2.33. The van der Waals surface area contributed by atoms with Crippen molar-refractivity contribution in [2.45, 2.75) is 6.54 Å². The number of rotatable bonds is 6. The lowest BCUT2D eigenvalue weighted by atomic mass is 10.2. The van der Waals surface area contributed by atoms with Gasteiger partial charge in [0.05, 0.1) is 19.7 Å². The summed E-state index contributed by atoms with van der Waals surface area (Å²) in [7, 11) is 3.23. The monoisotopic (exact) mass is 346 g/mol. The molecule has 0 saturated carbocycles. The van der Waals surface area contributed by atoms with E-state index in [0.29, 0.717) is 18.0 Å². The highest BCUT2D eigenvalue weighted by atomic mass is 32.2. The maximum atomic E-state index is 10.7. The largest absolute Gasteiger partial charge is 0.493 e. The van der Waals surface area contributed by atoms with Gasteiger partial charge in [-0.05, 0) is 29.8 Å². The minimum atomic E-state index is -2.01. The smallest absolute Gasteiger partial charge is 0.232 e. The van der Waals surface area contributed by atoms with Crippen LogP contribution >= 0.6 is 0 Å². The minimum absolute atomic E-state index is 0.334. The highest BCUT2D eigenvalue weighted by molar-refractivity contribution is 7.77. The molecular formula is C17H18N2O4S. The normalized spacial score (nSPS) is 12.3. The Morgan fingerprint density at radius 2 is 1.75 bits per heavy atom. The molecule has 126 valence electrons. The number of methoxy groups -OCH3 is 2. The van der Waals surface area contributed by atoms with Crippen LogP contribution in [-0.2, 0) is 17.8 Å². The predicted octanol–water partition coefficient (Wildman–Crippen LogP) is 2.87. The van der Waals surface area contributed by atoms with Gasteiger partial charge in [-0.15, -0.1) is 0 Å². The van der Waals surface area contributed by atoms with E-state index in [1.165, 1.54) is 0 Å². The van der Waals surface area contributed by atoms with Crippen molar-refractivity contribution in [2.75, 3.05) is 14.2 Å². The Kier molecular flexibility index (Phi) is 4.84. The van der Waals surface area contributed by atoms with Gasteiger partial charge in [-0.3, -0.25) is 4.55 Å². The predicted molar refractivity (Wildman–Crippen MR) is 94.0 cm³/mol. The Morgan fingerprint density at radius 1 is 1.08 bits per heavy atom. The van der Waals surface area contributed by atoms with Gasteiger partial charge in [0.2, 0.25) is 11.3 Å². The summed E-state index contributed by atoms with van der Waals surface area (Å²) in [5.41, 5.74) is 2.93. The molecule has 3 aromatic rings. The average Bonchev–Trinajstić information content (AvgIpc) is 3.01. The van der Waals surface area contributed by atoms with Crippen LogP contribution in [-0.4, -0.2) is 27.5 Å². The third kappa shape index (κ3) is 3.28. The third-order valence-electron chi connectivity index (χ3n) is 3.81. The Balaban J connectivity index is 1.95. The van der Waals surface area contributed by atoms with Crippen LogP contribution in [0.5, 0.6) is 11.5 Å². The number of fused-ring (bicyclic) bond motifs is 1. The van der Waals surface area contributed by atoms with E-state index >= 15 is 0 Å². The van der Waals surface area contributed by atoms with Crippen molar-refractivity contribution in [1.82, 2.24) is 9.29 Å². The molecule has 0 amide bonds. The van der Waals surface area contributed by atoms with Crippen LogP contribution in [0, 0.1) is 0 Å². The van der Waals surface area contributed by atoms with Gasteiger partial charge in [0.15, 0.2) is 11.5 Å². The zero-order valence-corrected chi connectivity index (χ0v) is 14.2. The highest BCUT2D eigenvalue weighted by Gasteiger charge is 2.10. The lowest BCUT2D eigenvalue weighted by Gasteiger charge is -2.10. The molecule has 6 nitrogen and oxygen atoms in total. The van der Waals surface area contributed by atoms with Gasteiger partial charge in [0.1, 0.15) is 0 Å². The molecule has 0 bridgehead atoms. The summed E-state index contributed by atoms with van der Waals surface area (Å²) in [6.07, 6.45) is 1.99. The van der Waals surface area contributed by atoms with Crippen LogP contribution in [0.2, 0.25) is 0 Å². The molecule has 0 aliphatic rings. The third-order valence-corrected chi connectivity index (χ3v) is 4.20. The Labute approximate surface area is 142 Å². The first-order chi connectivity index (χ1) is 11.6. The SMILES string of the molecule is COc1cc2ccn(-c3ccc(CNS(=O)O)cc3)c2cc1OC. The summed E-state index contributed by atoms with van der Waals surface area (Å²) in [6, 6.07) is 13.7. The second-order valence-electron chi connectivity index (χ2n) is 5.19. The number of nitrogens with one attached hydrogen (secondary N) is 1. The van der Waals surface area contributed by atoms with Crippen molar-refractivity contribution >= 4 is 22.2 Å². The molecule has 0 spiro atoms. The second kappa shape index (κ2) is 7.04. The number of hydrogen-bond donors (Lipinski definition) is 2. The van der Waals surface area contributed by atoms with E-state index < -0.39 is 11.3 Å². The first kappa shape index (κ1) is 16.5. The maximum absolute atomic E-state index is 10.7. The van der Waals surface area contributed by atoms with Gasteiger partial charge in [-0.25, -0.2) is 8.93 Å². The van der Waals surface area contributed by atoms with E-state index in [2.05, 4.69) is 9.29 Å². The average molecular weight is 346 g/mol. The molecule has 24 heavy (non-hydrogen) atoms. The van der Waals surface area contributed by atoms with Crippen molar-refractivity contribution in [2.24, 2.45) is 0 Å². The molecule has 0 aliphatic carbocycles. The molecule has 2 N–H and O–H groups in total. The Hall–Kier alpha value is -2.35. The molecule has 2 aromatic carbocycles. The van der Waals surface area contributed by atoms with E-state index in [9.17, 15) is 4.21 Å². The second-order valence-corrected chi connectivity index (χ2v) is 5.98. The van der Waals surface area contributed by atoms with Crippen LogP contribution < -0.4 is 14.2 Å². The summed E-state index contributed by atoms with van der Waals surface area (Å²) >= 11 is -2.01. The quantitative estimate of drug-likeness (QED) is 0.673. The van der Waals surface area contributed by atoms with Crippen LogP contribution in [0.15, 0.2) is 48.7 Å². The summed E-state index contributed by atoms with van der Waals surface area (Å²) in [6.45, 7) is 0.334. The van der Waals surface area contributed by atoms with Gasteiger partial charge in [0.25, 0.3) is 0 Å². The van der Waals surface area contributed by atoms with Crippen LogP contribution in [0.3, 0.4) is 0 Å². The fourth-order valence-electron chi connectivity index (χ4n) is 2.61. The van der Waals surface area contributed by atoms with Crippen LogP contribution in [0.4, 0.5) is 0 Å². The number of aromatic nitrogens is 1. The lowest BCUT2D eigenvalue weighted by molar-refractivity contribution is 0.356. The summed E-state index contributed by atoms with van der Waals surface area (Å²) < 4.78 is 34.7. The molecule has 1 atom stereocenters. The summed E-state index contributed by atoms with van der Waals surface area (Å²) in [5, 5.41) is 1.05. The van der Waals surface area contributed by atoms with Crippen molar-refractivity contribution in [3.8, 4) is 17.2 Å². The number of hydrogen-bond acceptors (Lipinski definition) is 3. The zero-order chi connectivity index (χ0) is 17.1. The van der Waals surface area contributed by atoms with E-state index in [1.54, 1.807) is 14.2 Å². The lowest BCUT2D eigenvalue weighted by Crippen LogP contribution is -2.15. The molecule has 1 aromatic heterocycles. The molecule has 7 heteroatoms. The molecule has 0 saturated heterocycles. The van der Waals surface area contributed by atoms with Crippen LogP contribution in [0.25, 0.3) is 16.6 Å². The fourth-order valence-corrected chi connectivity index (χ4v) is 2.90. The van der Waals surface area contributed by atoms with Crippen molar-refractivity contribution in [3.05, 3.63) is 54.2 Å². The minimum Gasteiger partial charge on any atom is -0.493 e. The number of benzene rings is 2. The van der Waals surface area contributed by atoms with Gasteiger partial charge in [0, 0.05) is 29.9 Å². The van der Waals surface area contributed by atoms with E-state index in [-0.39, 0.29) is 0 Å². The van der Waals surface area contributed by atoms with Gasteiger partial charge < -0.3 is 14.0 Å². The molecule has 3 rings (SSSR count). The van der Waals surface area contributed by atoms with E-state index in [4.69, 9.17) is 14.0 Å². The van der Waals surface area contributed by atoms with Gasteiger partial charge in [-0.1, -0.05) is 12.1 Å². The molecule has 0 fully saturated rings. The van der Waals surface area contributed by atoms with Gasteiger partial charge >= 0.3 is 0 Å². The zero-order valence-electron chi connectivity index (χ0n) is 13.4. The van der Waals surface area contributed by atoms with E-state index in [0.717, 1.165) is 22.2 Å². The maximum Gasteiger partial charge on any atom is 0.232 e. The standard InChI is InChI=1S/C17H18N2O4S/c1-22-16-9-13-7-8-19(15(13)10-17(16)23-2)14-5-3-12(4-6-14)11-18-24(20)21/h3-10,18H,11H2,1-2H3,(H,20,21). The fraction of sp³-hybridized carbons (Fsp3) is 0.176. The van der Waals surface area contributed by atoms with E-state index in [1.807, 2.05) is 48.7 Å². The van der Waals surface area contributed by atoms with Crippen LogP contribution in [0.1, 0.15) is 5.56 Å². The molecule has 1 heterocycles. The first-order valence-electron chi connectivity index (χ1n) is 7.29. The summed E-state index contributed by atoms with van der Waals surface area (Å²) in [4.78, 5) is 0. The summed E-state index contributed by atoms with van der Waals surface area (Å²) in [5.74, 6) is 1.37. The molecule has 1 unspecified atom stereocenters. The molecule has 0 aliphatic heterocycles. The number of nitrogens with zero attached hydrogens (tertiary/aromatic N) is 1. The van der Waals surface area contributed by atoms with Crippen molar-refractivity contribution in [1.29, 1.82) is 0 Å². The van der Waals surface area contributed by atoms with Gasteiger partial charge in [-0.2, -0.15) is 0 Å². The topological polar surface area (TPSA) is 72.7 Å². The van der Waals surface area contributed by atoms with Crippen molar-refractivity contribution in [3.63, 3.8) is 0 Å². The Bertz CT molecular complexity index is 874. The first-order valence-corrected chi connectivity index (χ1v) is 8.40. The van der Waals surface area contributed by atoms with Crippen molar-refractivity contribution < 1.29 is 18.2 Å².